The highest BCUT2D eigenvalue weighted by molar-refractivity contribution is 7.91. The normalized spacial score (nSPS) is 28.8. The quantitative estimate of drug-likeness (QED) is 0.855. The Morgan fingerprint density at radius 3 is 2.57 bits per heavy atom. The van der Waals surface area contributed by atoms with E-state index in [-0.39, 0.29) is 17.1 Å². The maximum Gasteiger partial charge on any atom is 0.328 e. The second kappa shape index (κ2) is 5.08. The van der Waals surface area contributed by atoms with Crippen LogP contribution in [-0.4, -0.2) is 56.4 Å². The number of fused-ring (bicyclic) bond motifs is 1. The number of ether oxygens (including phenoxy) is 1. The van der Waals surface area contributed by atoms with Gasteiger partial charge in [0, 0.05) is 18.7 Å². The molecule has 1 aromatic carbocycles. The molecular formula is C14H17NO5S. The van der Waals surface area contributed by atoms with Gasteiger partial charge in [-0.1, -0.05) is 18.2 Å². The summed E-state index contributed by atoms with van der Waals surface area (Å²) < 4.78 is 29.8. The monoisotopic (exact) mass is 311 g/mol. The second-order valence-corrected chi connectivity index (χ2v) is 7.41. The smallest absolute Gasteiger partial charge is 0.328 e. The fourth-order valence-electron chi connectivity index (χ4n) is 3.24. The molecule has 0 saturated carbocycles. The highest BCUT2D eigenvalue weighted by Gasteiger charge is 2.52. The minimum absolute atomic E-state index is 0.0711. The number of hydrogen-bond acceptors (Lipinski definition) is 5. The van der Waals surface area contributed by atoms with E-state index >= 15 is 0 Å². The summed E-state index contributed by atoms with van der Waals surface area (Å²) in [6.45, 7) is 1.90. The number of hydrogen-bond donors (Lipinski definition) is 1. The minimum Gasteiger partial charge on any atom is -0.480 e. The first-order chi connectivity index (χ1) is 9.98. The Bertz CT molecular complexity index is 666. The molecule has 2 aliphatic rings. The van der Waals surface area contributed by atoms with E-state index in [1.54, 1.807) is 18.2 Å². The molecule has 3 rings (SSSR count). The molecule has 2 aliphatic heterocycles. The lowest BCUT2D eigenvalue weighted by molar-refractivity contribution is -0.156. The zero-order valence-electron chi connectivity index (χ0n) is 11.5. The predicted octanol–water partition coefficient (Wildman–Crippen LogP) is 0.476. The number of carbonyl (C=O) groups is 1. The average Bonchev–Trinajstić information content (AvgIpc) is 2.48. The van der Waals surface area contributed by atoms with Crippen LogP contribution in [0.4, 0.5) is 0 Å². The Morgan fingerprint density at radius 1 is 1.24 bits per heavy atom. The molecule has 1 N–H and O–H groups in total. The minimum atomic E-state index is -3.41. The van der Waals surface area contributed by atoms with Crippen LogP contribution in [-0.2, 0) is 24.9 Å². The summed E-state index contributed by atoms with van der Waals surface area (Å²) in [4.78, 5) is 14.1. The fraction of sp³-hybridized carbons (Fsp3) is 0.500. The molecule has 1 unspecified atom stereocenters. The number of sulfone groups is 1. The molecule has 7 heteroatoms. The zero-order chi connectivity index (χ0) is 15.1. The molecule has 0 aromatic heterocycles. The third-order valence-corrected chi connectivity index (χ3v) is 6.07. The summed E-state index contributed by atoms with van der Waals surface area (Å²) in [7, 11) is -3.41. The van der Waals surface area contributed by atoms with Crippen molar-refractivity contribution in [2.24, 2.45) is 0 Å². The third-order valence-electron chi connectivity index (χ3n) is 4.31. The Morgan fingerprint density at radius 2 is 1.90 bits per heavy atom. The van der Waals surface area contributed by atoms with Gasteiger partial charge in [-0.2, -0.15) is 0 Å². The van der Waals surface area contributed by atoms with E-state index in [1.165, 1.54) is 6.07 Å². The maximum absolute atomic E-state index is 12.2. The van der Waals surface area contributed by atoms with E-state index in [2.05, 4.69) is 0 Å². The molecule has 6 nitrogen and oxygen atoms in total. The highest BCUT2D eigenvalue weighted by Crippen LogP contribution is 2.41. The maximum atomic E-state index is 12.2. The highest BCUT2D eigenvalue weighted by atomic mass is 32.2. The van der Waals surface area contributed by atoms with Crippen LogP contribution in [0.2, 0.25) is 0 Å². The van der Waals surface area contributed by atoms with E-state index in [0.29, 0.717) is 31.9 Å². The number of morpholine rings is 1. The van der Waals surface area contributed by atoms with Gasteiger partial charge in [-0.05, 0) is 12.5 Å². The number of nitrogens with zero attached hydrogens (tertiary/aromatic N) is 1. The number of carboxylic acid groups (broad SMARTS) is 1. The van der Waals surface area contributed by atoms with E-state index in [1.807, 2.05) is 4.90 Å². The molecule has 114 valence electrons. The molecule has 1 fully saturated rings. The summed E-state index contributed by atoms with van der Waals surface area (Å²) in [6, 6.07) is 6.45. The molecule has 1 aromatic rings. The van der Waals surface area contributed by atoms with Crippen LogP contribution in [0, 0.1) is 0 Å². The average molecular weight is 311 g/mol. The molecule has 0 spiro atoms. The Balaban J connectivity index is 2.20. The Hall–Kier alpha value is -1.44. The Labute approximate surface area is 123 Å². The van der Waals surface area contributed by atoms with Crippen molar-refractivity contribution < 1.29 is 23.1 Å². The van der Waals surface area contributed by atoms with Gasteiger partial charge in [-0.25, -0.2) is 13.2 Å². The first-order valence-corrected chi connectivity index (χ1v) is 8.52. The van der Waals surface area contributed by atoms with Gasteiger partial charge in [0.25, 0.3) is 0 Å². The summed E-state index contributed by atoms with van der Waals surface area (Å²) in [5.41, 5.74) is -0.892. The van der Waals surface area contributed by atoms with E-state index in [4.69, 9.17) is 4.74 Å². The number of aliphatic carboxylic acids is 1. The first kappa shape index (κ1) is 14.5. The molecule has 1 atom stereocenters. The van der Waals surface area contributed by atoms with Crippen LogP contribution in [0.25, 0.3) is 0 Å². The lowest BCUT2D eigenvalue weighted by Gasteiger charge is -2.45. The second-order valence-electron chi connectivity index (χ2n) is 5.33. The first-order valence-electron chi connectivity index (χ1n) is 6.87. The van der Waals surface area contributed by atoms with E-state index < -0.39 is 21.3 Å². The largest absolute Gasteiger partial charge is 0.480 e. The zero-order valence-corrected chi connectivity index (χ0v) is 12.3. The summed E-state index contributed by atoms with van der Waals surface area (Å²) >= 11 is 0. The van der Waals surface area contributed by atoms with Crippen molar-refractivity contribution in [3.05, 3.63) is 29.8 Å². The summed E-state index contributed by atoms with van der Waals surface area (Å²) in [5.74, 6) is -1.14. The van der Waals surface area contributed by atoms with Crippen LogP contribution in [0.1, 0.15) is 12.0 Å². The molecule has 21 heavy (non-hydrogen) atoms. The van der Waals surface area contributed by atoms with Crippen molar-refractivity contribution >= 4 is 15.8 Å². The number of carboxylic acids is 1. The molecule has 0 radical (unpaired) electrons. The van der Waals surface area contributed by atoms with Gasteiger partial charge in [0.2, 0.25) is 0 Å². The van der Waals surface area contributed by atoms with Crippen molar-refractivity contribution in [3.63, 3.8) is 0 Å². The van der Waals surface area contributed by atoms with Gasteiger partial charge < -0.3 is 9.84 Å². The molecule has 2 heterocycles. The van der Waals surface area contributed by atoms with Crippen molar-refractivity contribution in [1.82, 2.24) is 4.90 Å². The van der Waals surface area contributed by atoms with Crippen LogP contribution in [0.15, 0.2) is 29.2 Å². The van der Waals surface area contributed by atoms with E-state index in [9.17, 15) is 18.3 Å². The lowest BCUT2D eigenvalue weighted by atomic mass is 9.84. The molecule has 0 amide bonds. The van der Waals surface area contributed by atoms with Crippen molar-refractivity contribution in [2.75, 3.05) is 32.1 Å². The number of benzene rings is 1. The predicted molar refractivity (Wildman–Crippen MR) is 74.8 cm³/mol. The van der Waals surface area contributed by atoms with Crippen LogP contribution in [0.5, 0.6) is 0 Å². The lowest BCUT2D eigenvalue weighted by Crippen LogP contribution is -2.58. The van der Waals surface area contributed by atoms with Gasteiger partial charge >= 0.3 is 5.97 Å². The van der Waals surface area contributed by atoms with Crippen molar-refractivity contribution in [2.45, 2.75) is 16.9 Å². The summed E-state index contributed by atoms with van der Waals surface area (Å²) in [5, 5.41) is 9.88. The molecular weight excluding hydrogens is 294 g/mol. The molecule has 0 bridgehead atoms. The topological polar surface area (TPSA) is 83.9 Å². The summed E-state index contributed by atoms with van der Waals surface area (Å²) in [6.07, 6.45) is 0.0711. The van der Waals surface area contributed by atoms with Gasteiger partial charge in [0.05, 0.1) is 23.9 Å². The molecule has 1 saturated heterocycles. The standard InChI is InChI=1S/C14H17NO5S/c16-13(17)14(15-6-8-20-9-7-15)5-10-21(18,19)12-4-2-1-3-11(12)14/h1-4H,5-10H2,(H,16,17). The Kier molecular flexibility index (Phi) is 3.51. The van der Waals surface area contributed by atoms with Gasteiger partial charge in [0.15, 0.2) is 9.84 Å². The molecule has 0 aliphatic carbocycles. The van der Waals surface area contributed by atoms with Crippen LogP contribution < -0.4 is 0 Å². The number of rotatable bonds is 2. The van der Waals surface area contributed by atoms with Gasteiger partial charge in [-0.3, -0.25) is 4.90 Å². The van der Waals surface area contributed by atoms with Gasteiger partial charge in [0.1, 0.15) is 5.54 Å². The SMILES string of the molecule is O=C(O)C1(N2CCOCC2)CCS(=O)(=O)c2ccccc21. The fourth-order valence-corrected chi connectivity index (χ4v) is 4.88. The van der Waals surface area contributed by atoms with Crippen molar-refractivity contribution in [3.8, 4) is 0 Å². The van der Waals surface area contributed by atoms with E-state index in [0.717, 1.165) is 0 Å². The van der Waals surface area contributed by atoms with Crippen molar-refractivity contribution in [1.29, 1.82) is 0 Å². The third kappa shape index (κ3) is 2.16. The van der Waals surface area contributed by atoms with Crippen LogP contribution in [0.3, 0.4) is 0 Å². The van der Waals surface area contributed by atoms with Crippen LogP contribution >= 0.6 is 0 Å². The van der Waals surface area contributed by atoms with Gasteiger partial charge in [-0.15, -0.1) is 0 Å².